The highest BCUT2D eigenvalue weighted by molar-refractivity contribution is 5.63. The third-order valence-electron chi connectivity index (χ3n) is 3.60. The molecule has 0 bridgehead atoms. The minimum absolute atomic E-state index is 0.340. The van der Waals surface area contributed by atoms with Gasteiger partial charge in [-0.15, -0.1) is 0 Å². The molecule has 1 N–H and O–H groups in total. The first-order valence-corrected chi connectivity index (χ1v) is 7.12. The Balaban J connectivity index is 2.29. The van der Waals surface area contributed by atoms with E-state index in [9.17, 15) is 0 Å². The maximum absolute atomic E-state index is 4.50. The van der Waals surface area contributed by atoms with Crippen molar-refractivity contribution in [3.63, 3.8) is 0 Å². The average molecular weight is 269 g/mol. The smallest absolute Gasteiger partial charge is 0.132 e. The van der Waals surface area contributed by atoms with Crippen LogP contribution in [-0.4, -0.2) is 18.6 Å². The summed E-state index contributed by atoms with van der Waals surface area (Å²) >= 11 is 0. The molecule has 3 heteroatoms. The van der Waals surface area contributed by atoms with Gasteiger partial charge in [0, 0.05) is 25.0 Å². The Morgan fingerprint density at radius 2 is 2.00 bits per heavy atom. The van der Waals surface area contributed by atoms with Crippen LogP contribution in [0.1, 0.15) is 31.0 Å². The van der Waals surface area contributed by atoms with Gasteiger partial charge in [-0.05, 0) is 49.7 Å². The van der Waals surface area contributed by atoms with E-state index in [-0.39, 0.29) is 0 Å². The minimum atomic E-state index is 0.340. The summed E-state index contributed by atoms with van der Waals surface area (Å²) in [7, 11) is 2.06. The zero-order valence-electron chi connectivity index (χ0n) is 12.7. The van der Waals surface area contributed by atoms with E-state index in [1.54, 1.807) is 0 Å². The Kier molecular flexibility index (Phi) is 4.74. The fourth-order valence-corrected chi connectivity index (χ4v) is 2.37. The second-order valence-electron chi connectivity index (χ2n) is 5.07. The van der Waals surface area contributed by atoms with E-state index < -0.39 is 0 Å². The van der Waals surface area contributed by atoms with Gasteiger partial charge < -0.3 is 10.2 Å². The van der Waals surface area contributed by atoms with Crippen LogP contribution in [-0.2, 0) is 0 Å². The van der Waals surface area contributed by atoms with Crippen LogP contribution in [0.15, 0.2) is 42.6 Å². The quantitative estimate of drug-likeness (QED) is 0.894. The summed E-state index contributed by atoms with van der Waals surface area (Å²) in [5, 5.41) is 3.43. The van der Waals surface area contributed by atoms with Crippen LogP contribution in [0.5, 0.6) is 0 Å². The third kappa shape index (κ3) is 3.17. The van der Waals surface area contributed by atoms with Crippen molar-refractivity contribution < 1.29 is 0 Å². The first kappa shape index (κ1) is 14.5. The third-order valence-corrected chi connectivity index (χ3v) is 3.60. The van der Waals surface area contributed by atoms with E-state index in [4.69, 9.17) is 0 Å². The minimum Gasteiger partial charge on any atom is -0.329 e. The van der Waals surface area contributed by atoms with E-state index >= 15 is 0 Å². The molecule has 1 unspecified atom stereocenters. The number of hydrogen-bond acceptors (Lipinski definition) is 3. The van der Waals surface area contributed by atoms with Crippen molar-refractivity contribution in [3.05, 3.63) is 53.7 Å². The molecule has 3 nitrogen and oxygen atoms in total. The average Bonchev–Trinajstić information content (AvgIpc) is 2.47. The van der Waals surface area contributed by atoms with Gasteiger partial charge in [-0.3, -0.25) is 0 Å². The lowest BCUT2D eigenvalue weighted by atomic mass is 10.1. The van der Waals surface area contributed by atoms with E-state index in [1.165, 1.54) is 16.8 Å². The van der Waals surface area contributed by atoms with Crippen LogP contribution in [0.2, 0.25) is 0 Å². The SMILES string of the molecule is CCNC(C)c1ccnc(N(C)c2ccccc2C)c1. The first-order chi connectivity index (χ1) is 9.63. The fraction of sp³-hybridized carbons (Fsp3) is 0.353. The molecule has 0 fully saturated rings. The largest absolute Gasteiger partial charge is 0.329 e. The fourth-order valence-electron chi connectivity index (χ4n) is 2.37. The summed E-state index contributed by atoms with van der Waals surface area (Å²) in [5.74, 6) is 0.974. The van der Waals surface area contributed by atoms with Gasteiger partial charge >= 0.3 is 0 Å². The second-order valence-corrected chi connectivity index (χ2v) is 5.07. The summed E-state index contributed by atoms with van der Waals surface area (Å²) in [6.07, 6.45) is 1.88. The number of benzene rings is 1. The number of aromatic nitrogens is 1. The summed E-state index contributed by atoms with van der Waals surface area (Å²) < 4.78 is 0. The number of anilines is 2. The molecule has 1 heterocycles. The predicted molar refractivity (Wildman–Crippen MR) is 85.6 cm³/mol. The van der Waals surface area contributed by atoms with Gasteiger partial charge in [-0.2, -0.15) is 0 Å². The molecule has 0 saturated carbocycles. The number of rotatable bonds is 5. The molecule has 0 spiro atoms. The van der Waals surface area contributed by atoms with Crippen molar-refractivity contribution in [1.29, 1.82) is 0 Å². The van der Waals surface area contributed by atoms with Gasteiger partial charge in [0.25, 0.3) is 0 Å². The number of para-hydroxylation sites is 1. The zero-order valence-corrected chi connectivity index (χ0v) is 12.7. The lowest BCUT2D eigenvalue weighted by Gasteiger charge is -2.22. The summed E-state index contributed by atoms with van der Waals surface area (Å²) in [6.45, 7) is 7.39. The predicted octanol–water partition coefficient (Wildman–Crippen LogP) is 3.83. The highest BCUT2D eigenvalue weighted by atomic mass is 15.2. The number of nitrogens with one attached hydrogen (secondary N) is 1. The first-order valence-electron chi connectivity index (χ1n) is 7.12. The van der Waals surface area contributed by atoms with Crippen molar-refractivity contribution in [2.75, 3.05) is 18.5 Å². The van der Waals surface area contributed by atoms with Crippen LogP contribution < -0.4 is 10.2 Å². The molecule has 0 radical (unpaired) electrons. The molecule has 0 saturated heterocycles. The molecule has 2 aromatic rings. The Hall–Kier alpha value is -1.87. The number of nitrogens with zero attached hydrogens (tertiary/aromatic N) is 2. The molecule has 0 aliphatic heterocycles. The highest BCUT2D eigenvalue weighted by Crippen LogP contribution is 2.26. The van der Waals surface area contributed by atoms with Gasteiger partial charge in [0.15, 0.2) is 0 Å². The van der Waals surface area contributed by atoms with E-state index in [2.05, 4.69) is 79.4 Å². The van der Waals surface area contributed by atoms with E-state index in [0.29, 0.717) is 6.04 Å². The molecule has 2 rings (SSSR count). The van der Waals surface area contributed by atoms with E-state index in [0.717, 1.165) is 12.4 Å². The van der Waals surface area contributed by atoms with Crippen molar-refractivity contribution >= 4 is 11.5 Å². The molecule has 1 aromatic carbocycles. The molecule has 0 aliphatic rings. The molecule has 0 amide bonds. The van der Waals surface area contributed by atoms with Gasteiger partial charge in [-0.1, -0.05) is 25.1 Å². The van der Waals surface area contributed by atoms with Crippen LogP contribution in [0, 0.1) is 6.92 Å². The lowest BCUT2D eigenvalue weighted by molar-refractivity contribution is 0.597. The van der Waals surface area contributed by atoms with Gasteiger partial charge in [0.1, 0.15) is 5.82 Å². The van der Waals surface area contributed by atoms with Crippen LogP contribution >= 0.6 is 0 Å². The number of aryl methyl sites for hydroxylation is 1. The number of pyridine rings is 1. The van der Waals surface area contributed by atoms with Crippen LogP contribution in [0.3, 0.4) is 0 Å². The lowest BCUT2D eigenvalue weighted by Crippen LogP contribution is -2.19. The molecule has 0 aliphatic carbocycles. The van der Waals surface area contributed by atoms with Crippen molar-refractivity contribution in [2.45, 2.75) is 26.8 Å². The van der Waals surface area contributed by atoms with E-state index in [1.807, 2.05) is 6.20 Å². The molecule has 1 aromatic heterocycles. The standard InChI is InChI=1S/C17H23N3/c1-5-18-14(3)15-10-11-19-17(12-15)20(4)16-9-7-6-8-13(16)2/h6-12,14,18H,5H2,1-4H3. The monoisotopic (exact) mass is 269 g/mol. The zero-order chi connectivity index (χ0) is 14.5. The molecule has 20 heavy (non-hydrogen) atoms. The number of hydrogen-bond donors (Lipinski definition) is 1. The van der Waals surface area contributed by atoms with Crippen LogP contribution in [0.25, 0.3) is 0 Å². The molecule has 1 atom stereocenters. The van der Waals surface area contributed by atoms with Crippen molar-refractivity contribution in [2.24, 2.45) is 0 Å². The summed E-state index contributed by atoms with van der Waals surface area (Å²) in [5.41, 5.74) is 3.70. The summed E-state index contributed by atoms with van der Waals surface area (Å²) in [4.78, 5) is 6.63. The Morgan fingerprint density at radius 1 is 1.25 bits per heavy atom. The Labute approximate surface area is 121 Å². The molecular formula is C17H23N3. The van der Waals surface area contributed by atoms with Gasteiger partial charge in [0.05, 0.1) is 0 Å². The maximum Gasteiger partial charge on any atom is 0.132 e. The highest BCUT2D eigenvalue weighted by Gasteiger charge is 2.10. The normalized spacial score (nSPS) is 12.2. The molecular weight excluding hydrogens is 246 g/mol. The molecule has 106 valence electrons. The Bertz CT molecular complexity index is 566. The summed E-state index contributed by atoms with van der Waals surface area (Å²) in [6, 6.07) is 12.9. The van der Waals surface area contributed by atoms with Crippen LogP contribution in [0.4, 0.5) is 11.5 Å². The topological polar surface area (TPSA) is 28.2 Å². The second kappa shape index (κ2) is 6.53. The van der Waals surface area contributed by atoms with Gasteiger partial charge in [-0.25, -0.2) is 4.98 Å². The van der Waals surface area contributed by atoms with Gasteiger partial charge in [0.2, 0.25) is 0 Å². The van der Waals surface area contributed by atoms with Crippen molar-refractivity contribution in [3.8, 4) is 0 Å². The maximum atomic E-state index is 4.50. The Morgan fingerprint density at radius 3 is 2.70 bits per heavy atom. The van der Waals surface area contributed by atoms with Crippen molar-refractivity contribution in [1.82, 2.24) is 10.3 Å².